The van der Waals surface area contributed by atoms with E-state index in [0.29, 0.717) is 12.0 Å². The maximum Gasteiger partial charge on any atom is 0.258 e. The number of nitrogens with zero attached hydrogens (tertiary/aromatic N) is 2. The molecule has 37 heavy (non-hydrogen) atoms. The van der Waals surface area contributed by atoms with Gasteiger partial charge in [-0.25, -0.2) is 4.98 Å². The molecule has 7 heteroatoms. The van der Waals surface area contributed by atoms with E-state index in [0.717, 1.165) is 71.0 Å². The Labute approximate surface area is 215 Å². The molecule has 0 spiro atoms. The van der Waals surface area contributed by atoms with Crippen molar-refractivity contribution in [1.82, 2.24) is 14.9 Å². The molecule has 3 heterocycles. The molecule has 2 aliphatic heterocycles. The summed E-state index contributed by atoms with van der Waals surface area (Å²) in [6.45, 7) is 1.59. The van der Waals surface area contributed by atoms with Crippen LogP contribution in [-0.4, -0.2) is 39.8 Å². The molecular formula is C30H27N5O2. The summed E-state index contributed by atoms with van der Waals surface area (Å²) in [5, 5.41) is 6.51. The van der Waals surface area contributed by atoms with E-state index in [2.05, 4.69) is 32.7 Å². The summed E-state index contributed by atoms with van der Waals surface area (Å²) in [6, 6.07) is 24.0. The van der Waals surface area contributed by atoms with Gasteiger partial charge in [0.05, 0.1) is 23.3 Å². The second kappa shape index (κ2) is 9.78. The monoisotopic (exact) mass is 489 g/mol. The number of nitrogens with one attached hydrogen (secondary N) is 3. The van der Waals surface area contributed by atoms with Gasteiger partial charge < -0.3 is 20.5 Å². The van der Waals surface area contributed by atoms with Gasteiger partial charge >= 0.3 is 0 Å². The molecule has 184 valence electrons. The van der Waals surface area contributed by atoms with Crippen molar-refractivity contribution in [2.24, 2.45) is 0 Å². The Balaban J connectivity index is 1.32. The predicted molar refractivity (Wildman–Crippen MR) is 145 cm³/mol. The van der Waals surface area contributed by atoms with Crippen LogP contribution in [0.5, 0.6) is 0 Å². The zero-order valence-corrected chi connectivity index (χ0v) is 20.3. The summed E-state index contributed by atoms with van der Waals surface area (Å²) in [5.41, 5.74) is 7.87. The Morgan fingerprint density at radius 3 is 2.51 bits per heavy atom. The van der Waals surface area contributed by atoms with Crippen LogP contribution >= 0.6 is 0 Å². The van der Waals surface area contributed by atoms with E-state index in [1.807, 2.05) is 71.8 Å². The van der Waals surface area contributed by atoms with Gasteiger partial charge in [0.25, 0.3) is 5.91 Å². The molecule has 0 bridgehead atoms. The standard InChI is InChI=1S/C30H27N5O2/c36-27-6-3-16-35(27)17-15-20-7-9-22(10-8-20)29(28-24-4-1-2-5-25(24)34-30(28)37)33-23-13-11-21(12-14-23)26-18-31-19-32-26/h1-2,4-5,7-14,18-19,33H,3,6,15-17H2,(H,31,32)(H,34,37)/b29-28-. The van der Waals surface area contributed by atoms with Gasteiger partial charge in [0, 0.05) is 48.2 Å². The number of fused-ring (bicyclic) bond motifs is 1. The molecule has 7 nitrogen and oxygen atoms in total. The van der Waals surface area contributed by atoms with Crippen LogP contribution < -0.4 is 10.6 Å². The van der Waals surface area contributed by atoms with E-state index in [1.165, 1.54) is 0 Å². The number of imidazole rings is 1. The lowest BCUT2D eigenvalue weighted by molar-refractivity contribution is -0.127. The van der Waals surface area contributed by atoms with Crippen molar-refractivity contribution >= 4 is 34.5 Å². The van der Waals surface area contributed by atoms with Crippen LogP contribution in [0.4, 0.5) is 11.4 Å². The maximum absolute atomic E-state index is 13.1. The van der Waals surface area contributed by atoms with Gasteiger partial charge in [-0.2, -0.15) is 0 Å². The van der Waals surface area contributed by atoms with Gasteiger partial charge in [0.1, 0.15) is 0 Å². The van der Waals surface area contributed by atoms with Crippen molar-refractivity contribution in [3.8, 4) is 11.3 Å². The number of likely N-dealkylation sites (tertiary alicyclic amines) is 1. The number of aromatic amines is 1. The van der Waals surface area contributed by atoms with Gasteiger partial charge in [0.15, 0.2) is 0 Å². The summed E-state index contributed by atoms with van der Waals surface area (Å²) in [5.74, 6) is 0.116. The number of para-hydroxylation sites is 1. The molecule has 6 rings (SSSR count). The van der Waals surface area contributed by atoms with E-state index in [4.69, 9.17) is 0 Å². The van der Waals surface area contributed by atoms with Crippen LogP contribution in [0.3, 0.4) is 0 Å². The van der Waals surface area contributed by atoms with E-state index in [-0.39, 0.29) is 11.8 Å². The fraction of sp³-hybridized carbons (Fsp3) is 0.167. The third kappa shape index (κ3) is 4.63. The summed E-state index contributed by atoms with van der Waals surface area (Å²) < 4.78 is 0. The second-order valence-corrected chi connectivity index (χ2v) is 9.34. The average molecular weight is 490 g/mol. The lowest BCUT2D eigenvalue weighted by Crippen LogP contribution is -2.26. The minimum atomic E-state index is -0.131. The van der Waals surface area contributed by atoms with Crippen molar-refractivity contribution in [2.75, 3.05) is 23.7 Å². The first-order chi connectivity index (χ1) is 18.2. The molecule has 1 saturated heterocycles. The first-order valence-corrected chi connectivity index (χ1v) is 12.5. The number of aromatic nitrogens is 2. The summed E-state index contributed by atoms with van der Waals surface area (Å²) in [4.78, 5) is 34.3. The molecule has 3 N–H and O–H groups in total. The molecule has 2 aliphatic rings. The number of benzene rings is 3. The van der Waals surface area contributed by atoms with Crippen molar-refractivity contribution in [3.05, 3.63) is 102 Å². The van der Waals surface area contributed by atoms with E-state index >= 15 is 0 Å². The van der Waals surface area contributed by atoms with Crippen LogP contribution in [0.15, 0.2) is 85.3 Å². The highest BCUT2D eigenvalue weighted by atomic mass is 16.2. The molecule has 4 aromatic rings. The lowest BCUT2D eigenvalue weighted by Gasteiger charge is -2.17. The maximum atomic E-state index is 13.1. The first kappa shape index (κ1) is 22.8. The molecule has 0 saturated carbocycles. The quantitative estimate of drug-likeness (QED) is 0.312. The van der Waals surface area contributed by atoms with Crippen LogP contribution in [0.2, 0.25) is 0 Å². The highest BCUT2D eigenvalue weighted by molar-refractivity contribution is 6.37. The highest BCUT2D eigenvalue weighted by Gasteiger charge is 2.28. The SMILES string of the molecule is O=C1Nc2ccccc2/C1=C(/Nc1ccc(-c2c[nH]cn2)cc1)c1ccc(CCN2CCCC2=O)cc1. The van der Waals surface area contributed by atoms with Crippen LogP contribution in [0.1, 0.15) is 29.5 Å². The van der Waals surface area contributed by atoms with E-state index < -0.39 is 0 Å². The predicted octanol–water partition coefficient (Wildman–Crippen LogP) is 5.17. The third-order valence-electron chi connectivity index (χ3n) is 6.95. The number of rotatable bonds is 7. The van der Waals surface area contributed by atoms with Crippen LogP contribution in [-0.2, 0) is 16.0 Å². The number of anilines is 2. The van der Waals surface area contributed by atoms with Gasteiger partial charge in [-0.1, -0.05) is 54.6 Å². The number of hydrogen-bond acceptors (Lipinski definition) is 4. The van der Waals surface area contributed by atoms with E-state index in [9.17, 15) is 9.59 Å². The number of hydrogen-bond donors (Lipinski definition) is 3. The van der Waals surface area contributed by atoms with Crippen molar-refractivity contribution in [1.29, 1.82) is 0 Å². The number of carbonyl (C=O) groups is 2. The molecule has 1 fully saturated rings. The van der Waals surface area contributed by atoms with Crippen molar-refractivity contribution < 1.29 is 9.59 Å². The molecule has 2 amide bonds. The zero-order chi connectivity index (χ0) is 25.2. The first-order valence-electron chi connectivity index (χ1n) is 12.5. The molecule has 0 atom stereocenters. The zero-order valence-electron chi connectivity index (χ0n) is 20.3. The Morgan fingerprint density at radius 2 is 1.78 bits per heavy atom. The average Bonchev–Trinajstić information content (AvgIpc) is 3.67. The van der Waals surface area contributed by atoms with Crippen molar-refractivity contribution in [3.63, 3.8) is 0 Å². The summed E-state index contributed by atoms with van der Waals surface area (Å²) >= 11 is 0. The minimum absolute atomic E-state index is 0.131. The lowest BCUT2D eigenvalue weighted by atomic mass is 9.98. The summed E-state index contributed by atoms with van der Waals surface area (Å²) in [6.07, 6.45) is 5.94. The van der Waals surface area contributed by atoms with Gasteiger partial charge in [-0.15, -0.1) is 0 Å². The Bertz CT molecular complexity index is 1470. The number of H-pyrrole nitrogens is 1. The Kier molecular flexibility index (Phi) is 6.02. The van der Waals surface area contributed by atoms with Gasteiger partial charge in [-0.3, -0.25) is 9.59 Å². The third-order valence-corrected chi connectivity index (χ3v) is 6.95. The molecule has 0 unspecified atom stereocenters. The summed E-state index contributed by atoms with van der Waals surface area (Å²) in [7, 11) is 0. The fourth-order valence-corrected chi connectivity index (χ4v) is 4.97. The Hall–Kier alpha value is -4.65. The number of amides is 2. The van der Waals surface area contributed by atoms with E-state index in [1.54, 1.807) is 6.33 Å². The van der Waals surface area contributed by atoms with Gasteiger partial charge in [0.2, 0.25) is 5.91 Å². The van der Waals surface area contributed by atoms with Gasteiger partial charge in [-0.05, 0) is 42.2 Å². The van der Waals surface area contributed by atoms with Crippen LogP contribution in [0.25, 0.3) is 22.5 Å². The highest BCUT2D eigenvalue weighted by Crippen LogP contribution is 2.37. The molecule has 0 aliphatic carbocycles. The Morgan fingerprint density at radius 1 is 0.973 bits per heavy atom. The molecule has 3 aromatic carbocycles. The second-order valence-electron chi connectivity index (χ2n) is 9.34. The molecular weight excluding hydrogens is 462 g/mol. The number of carbonyl (C=O) groups excluding carboxylic acids is 2. The van der Waals surface area contributed by atoms with Crippen molar-refractivity contribution in [2.45, 2.75) is 19.3 Å². The fourth-order valence-electron chi connectivity index (χ4n) is 4.97. The van der Waals surface area contributed by atoms with Crippen LogP contribution in [0, 0.1) is 0 Å². The minimum Gasteiger partial charge on any atom is -0.354 e. The largest absolute Gasteiger partial charge is 0.354 e. The smallest absolute Gasteiger partial charge is 0.258 e. The molecule has 0 radical (unpaired) electrons. The normalized spacial score (nSPS) is 16.1. The molecule has 1 aromatic heterocycles. The topological polar surface area (TPSA) is 90.1 Å².